The van der Waals surface area contributed by atoms with E-state index in [0.717, 1.165) is 44.1 Å². The predicted octanol–water partition coefficient (Wildman–Crippen LogP) is 15.5. The monoisotopic (exact) mass is 705 g/mol. The molecule has 0 aliphatic carbocycles. The van der Waals surface area contributed by atoms with E-state index in [4.69, 9.17) is 0 Å². The fraction of sp³-hybridized carbons (Fsp3) is 0.867. The first kappa shape index (κ1) is 46.2. The Morgan fingerprint density at radius 2 is 0.633 bits per heavy atom. The van der Waals surface area contributed by atoms with Crippen molar-refractivity contribution in [2.24, 2.45) is 0 Å². The van der Waals surface area contributed by atoms with Crippen LogP contribution in [0, 0.1) is 0 Å². The van der Waals surface area contributed by atoms with Crippen LogP contribution in [0.1, 0.15) is 249 Å². The zero-order chi connectivity index (χ0) is 35.7. The first-order valence-electron chi connectivity index (χ1n) is 22.1. The Morgan fingerprint density at radius 3 is 0.939 bits per heavy atom. The molecule has 0 saturated carbocycles. The number of hydrogen-bond donors (Lipinski definition) is 1. The van der Waals surface area contributed by atoms with Crippen molar-refractivity contribution in [2.45, 2.75) is 257 Å². The lowest BCUT2D eigenvalue weighted by Crippen LogP contribution is -2.10. The van der Waals surface area contributed by atoms with Crippen molar-refractivity contribution in [3.8, 4) is 0 Å². The maximum absolute atomic E-state index is 12.6. The molecule has 0 unspecified atom stereocenters. The van der Waals surface area contributed by atoms with Gasteiger partial charge in [-0.3, -0.25) is 4.55 Å². The van der Waals surface area contributed by atoms with Crippen molar-refractivity contribution in [1.29, 1.82) is 0 Å². The standard InChI is InChI=1S/C45H84O3S/c1-4-7-10-13-16-19-22-25-28-31-34-37-42-40-41-45(49(46,47)48)44(39-36-33-30-27-24-21-18-15-12-9-6-3)43(42)38-35-32-29-26-23-20-17-14-11-8-5-2/h40-41H,4-39H2,1-3H3,(H,46,47,48). The van der Waals surface area contributed by atoms with Crippen molar-refractivity contribution >= 4 is 10.1 Å². The summed E-state index contributed by atoms with van der Waals surface area (Å²) < 4.78 is 35.5. The van der Waals surface area contributed by atoms with Crippen molar-refractivity contribution in [3.05, 3.63) is 28.8 Å². The summed E-state index contributed by atoms with van der Waals surface area (Å²) in [6, 6.07) is 3.76. The van der Waals surface area contributed by atoms with Crippen LogP contribution in [-0.2, 0) is 29.4 Å². The predicted molar refractivity (Wildman–Crippen MR) is 217 cm³/mol. The first-order valence-corrected chi connectivity index (χ1v) is 23.5. The van der Waals surface area contributed by atoms with Gasteiger partial charge in [-0.05, 0) is 61.3 Å². The first-order chi connectivity index (χ1) is 24.0. The summed E-state index contributed by atoms with van der Waals surface area (Å²) in [7, 11) is -4.24. The minimum Gasteiger partial charge on any atom is -0.282 e. The normalized spacial score (nSPS) is 11.9. The molecule has 1 aromatic carbocycles. The molecule has 0 spiro atoms. The molecule has 0 radical (unpaired) electrons. The third-order valence-electron chi connectivity index (χ3n) is 10.9. The lowest BCUT2D eigenvalue weighted by molar-refractivity contribution is 0.481. The van der Waals surface area contributed by atoms with Gasteiger partial charge < -0.3 is 0 Å². The van der Waals surface area contributed by atoms with E-state index < -0.39 is 10.1 Å². The highest BCUT2D eigenvalue weighted by Gasteiger charge is 2.20. The van der Waals surface area contributed by atoms with Gasteiger partial charge in [0.05, 0.1) is 4.90 Å². The molecule has 0 aliphatic rings. The summed E-state index contributed by atoms with van der Waals surface area (Å²) >= 11 is 0. The molecular formula is C45H84O3S. The minimum atomic E-state index is -4.24. The maximum Gasteiger partial charge on any atom is 0.294 e. The Balaban J connectivity index is 2.70. The van der Waals surface area contributed by atoms with Crippen LogP contribution in [0.15, 0.2) is 17.0 Å². The van der Waals surface area contributed by atoms with Gasteiger partial charge in [-0.15, -0.1) is 0 Å². The molecule has 0 heterocycles. The fourth-order valence-electron chi connectivity index (χ4n) is 7.69. The van der Waals surface area contributed by atoms with E-state index in [2.05, 4.69) is 20.8 Å². The summed E-state index contributed by atoms with van der Waals surface area (Å²) in [6.07, 6.45) is 46.1. The summed E-state index contributed by atoms with van der Waals surface area (Å²) in [5, 5.41) is 0. The number of rotatable bonds is 37. The van der Waals surface area contributed by atoms with Crippen molar-refractivity contribution in [1.82, 2.24) is 0 Å². The number of hydrogen-bond acceptors (Lipinski definition) is 2. The van der Waals surface area contributed by atoms with Gasteiger partial charge in [0.2, 0.25) is 0 Å². The second-order valence-corrected chi connectivity index (χ2v) is 16.9. The van der Waals surface area contributed by atoms with Crippen molar-refractivity contribution in [2.75, 3.05) is 0 Å². The molecule has 0 atom stereocenters. The largest absolute Gasteiger partial charge is 0.294 e. The average Bonchev–Trinajstić information content (AvgIpc) is 3.08. The van der Waals surface area contributed by atoms with Crippen LogP contribution >= 0.6 is 0 Å². The Hall–Kier alpha value is -0.870. The number of benzene rings is 1. The zero-order valence-corrected chi connectivity index (χ0v) is 34.1. The zero-order valence-electron chi connectivity index (χ0n) is 33.3. The highest BCUT2D eigenvalue weighted by molar-refractivity contribution is 7.85. The summed E-state index contributed by atoms with van der Waals surface area (Å²) in [5.41, 5.74) is 3.53. The smallest absolute Gasteiger partial charge is 0.282 e. The Labute approximate surface area is 307 Å². The van der Waals surface area contributed by atoms with Crippen LogP contribution in [0.2, 0.25) is 0 Å². The van der Waals surface area contributed by atoms with Crippen LogP contribution in [0.25, 0.3) is 0 Å². The molecule has 4 heteroatoms. The van der Waals surface area contributed by atoms with Gasteiger partial charge >= 0.3 is 0 Å². The quantitative estimate of drug-likeness (QED) is 0.0554. The van der Waals surface area contributed by atoms with Gasteiger partial charge in [0, 0.05) is 0 Å². The molecular weight excluding hydrogens is 621 g/mol. The van der Waals surface area contributed by atoms with Gasteiger partial charge in [-0.1, -0.05) is 219 Å². The Morgan fingerprint density at radius 1 is 0.367 bits per heavy atom. The average molecular weight is 705 g/mol. The minimum absolute atomic E-state index is 0.181. The third kappa shape index (κ3) is 25.7. The van der Waals surface area contributed by atoms with E-state index >= 15 is 0 Å². The van der Waals surface area contributed by atoms with E-state index in [1.54, 1.807) is 6.07 Å². The molecule has 0 aliphatic heterocycles. The van der Waals surface area contributed by atoms with E-state index in [9.17, 15) is 13.0 Å². The number of aryl methyl sites for hydroxylation is 1. The second kappa shape index (κ2) is 33.0. The van der Waals surface area contributed by atoms with E-state index in [1.807, 2.05) is 6.07 Å². The van der Waals surface area contributed by atoms with Gasteiger partial charge in [0.25, 0.3) is 10.1 Å². The molecule has 3 nitrogen and oxygen atoms in total. The van der Waals surface area contributed by atoms with Crippen LogP contribution in [0.4, 0.5) is 0 Å². The maximum atomic E-state index is 12.6. The van der Waals surface area contributed by atoms with Crippen molar-refractivity contribution in [3.63, 3.8) is 0 Å². The van der Waals surface area contributed by atoms with Crippen LogP contribution in [0.3, 0.4) is 0 Å². The second-order valence-electron chi connectivity index (χ2n) is 15.5. The van der Waals surface area contributed by atoms with E-state index in [-0.39, 0.29) is 4.90 Å². The topological polar surface area (TPSA) is 54.4 Å². The molecule has 1 N–H and O–H groups in total. The van der Waals surface area contributed by atoms with Gasteiger partial charge in [0.15, 0.2) is 0 Å². The molecule has 1 aromatic rings. The van der Waals surface area contributed by atoms with Crippen LogP contribution < -0.4 is 0 Å². The SMILES string of the molecule is CCCCCCCCCCCCCc1ccc(S(=O)(=O)O)c(CCCCCCCCCCCCC)c1CCCCCCCCCCCCC. The lowest BCUT2D eigenvalue weighted by Gasteiger charge is -2.18. The summed E-state index contributed by atoms with van der Waals surface area (Å²) in [6.45, 7) is 6.84. The fourth-order valence-corrected chi connectivity index (χ4v) is 8.47. The summed E-state index contributed by atoms with van der Waals surface area (Å²) in [5.74, 6) is 0. The molecule has 49 heavy (non-hydrogen) atoms. The molecule has 1 rings (SSSR count). The highest BCUT2D eigenvalue weighted by Crippen LogP contribution is 2.29. The Kier molecular flexibility index (Phi) is 31.1. The Bertz CT molecular complexity index is 970. The molecule has 0 amide bonds. The number of unbranched alkanes of at least 4 members (excludes halogenated alkanes) is 30. The summed E-state index contributed by atoms with van der Waals surface area (Å²) in [4.78, 5) is 0.181. The molecule has 0 saturated heterocycles. The molecule has 0 fully saturated rings. The van der Waals surface area contributed by atoms with E-state index in [0.29, 0.717) is 0 Å². The molecule has 288 valence electrons. The third-order valence-corrected chi connectivity index (χ3v) is 11.8. The van der Waals surface area contributed by atoms with Gasteiger partial charge in [-0.25, -0.2) is 0 Å². The molecule has 0 bridgehead atoms. The van der Waals surface area contributed by atoms with Gasteiger partial charge in [0.1, 0.15) is 0 Å². The molecule has 0 aromatic heterocycles. The lowest BCUT2D eigenvalue weighted by atomic mass is 9.90. The highest BCUT2D eigenvalue weighted by atomic mass is 32.2. The van der Waals surface area contributed by atoms with Crippen LogP contribution in [-0.4, -0.2) is 13.0 Å². The van der Waals surface area contributed by atoms with E-state index in [1.165, 1.54) is 204 Å². The van der Waals surface area contributed by atoms with Crippen LogP contribution in [0.5, 0.6) is 0 Å². The van der Waals surface area contributed by atoms with Crippen molar-refractivity contribution < 1.29 is 13.0 Å². The van der Waals surface area contributed by atoms with Gasteiger partial charge in [-0.2, -0.15) is 8.42 Å².